The van der Waals surface area contributed by atoms with Crippen molar-refractivity contribution in [1.82, 2.24) is 0 Å². The number of aryl methyl sites for hydroxylation is 1. The number of hydrogen-bond donors (Lipinski definition) is 2. The van der Waals surface area contributed by atoms with Gasteiger partial charge in [-0.2, -0.15) is 0 Å². The molecule has 2 aromatic carbocycles. The zero-order valence-corrected chi connectivity index (χ0v) is 9.62. The lowest BCUT2D eigenvalue weighted by molar-refractivity contribution is 1.39. The number of anilines is 2. The molecule has 0 aromatic heterocycles. The second-order valence-electron chi connectivity index (χ2n) is 4.15. The Balaban J connectivity index is 2.59. The van der Waals surface area contributed by atoms with Crippen molar-refractivity contribution in [1.29, 1.82) is 0 Å². The number of benzene rings is 2. The van der Waals surface area contributed by atoms with E-state index in [1.165, 1.54) is 11.1 Å². The van der Waals surface area contributed by atoms with Gasteiger partial charge >= 0.3 is 0 Å². The first-order chi connectivity index (χ1) is 7.58. The first kappa shape index (κ1) is 10.6. The number of rotatable bonds is 1. The van der Waals surface area contributed by atoms with Crippen molar-refractivity contribution in [2.24, 2.45) is 0 Å². The third-order valence-electron chi connectivity index (χ3n) is 2.81. The molecule has 2 nitrogen and oxygen atoms in total. The van der Waals surface area contributed by atoms with E-state index < -0.39 is 0 Å². The Hall–Kier alpha value is -1.96. The smallest absolute Gasteiger partial charge is 0.0352 e. The Labute approximate surface area is 95.9 Å². The molecule has 0 bridgehead atoms. The Morgan fingerprint density at radius 1 is 0.875 bits per heavy atom. The highest BCUT2D eigenvalue weighted by molar-refractivity contribution is 5.74. The first-order valence-corrected chi connectivity index (χ1v) is 5.30. The zero-order chi connectivity index (χ0) is 11.7. The van der Waals surface area contributed by atoms with E-state index in [-0.39, 0.29) is 0 Å². The van der Waals surface area contributed by atoms with Gasteiger partial charge in [-0.25, -0.2) is 0 Å². The van der Waals surface area contributed by atoms with Crippen LogP contribution < -0.4 is 11.5 Å². The summed E-state index contributed by atoms with van der Waals surface area (Å²) in [7, 11) is 0. The molecule has 0 heterocycles. The molecule has 2 rings (SSSR count). The van der Waals surface area contributed by atoms with E-state index in [1.807, 2.05) is 37.3 Å². The van der Waals surface area contributed by atoms with Crippen LogP contribution in [0.1, 0.15) is 11.1 Å². The summed E-state index contributed by atoms with van der Waals surface area (Å²) in [4.78, 5) is 0. The monoisotopic (exact) mass is 212 g/mol. The van der Waals surface area contributed by atoms with Crippen molar-refractivity contribution in [2.75, 3.05) is 11.5 Å². The van der Waals surface area contributed by atoms with Gasteiger partial charge in [-0.3, -0.25) is 0 Å². The van der Waals surface area contributed by atoms with Crippen molar-refractivity contribution in [2.45, 2.75) is 13.8 Å². The van der Waals surface area contributed by atoms with Gasteiger partial charge in [0.15, 0.2) is 0 Å². The van der Waals surface area contributed by atoms with Crippen molar-refractivity contribution in [3.05, 3.63) is 47.5 Å². The second-order valence-corrected chi connectivity index (χ2v) is 4.15. The van der Waals surface area contributed by atoms with Crippen molar-refractivity contribution in [3.8, 4) is 11.1 Å². The molecule has 0 aliphatic heterocycles. The minimum atomic E-state index is 0.780. The Bertz CT molecular complexity index is 513. The fourth-order valence-electron chi connectivity index (χ4n) is 1.85. The summed E-state index contributed by atoms with van der Waals surface area (Å²) in [6.07, 6.45) is 0. The molecule has 0 unspecified atom stereocenters. The third-order valence-corrected chi connectivity index (χ3v) is 2.81. The molecule has 82 valence electrons. The van der Waals surface area contributed by atoms with Gasteiger partial charge in [-0.1, -0.05) is 18.2 Å². The van der Waals surface area contributed by atoms with Crippen LogP contribution in [0, 0.1) is 13.8 Å². The molecule has 0 aliphatic rings. The summed E-state index contributed by atoms with van der Waals surface area (Å²) in [5.74, 6) is 0. The lowest BCUT2D eigenvalue weighted by Crippen LogP contribution is -1.94. The molecule has 0 amide bonds. The first-order valence-electron chi connectivity index (χ1n) is 5.30. The fraction of sp³-hybridized carbons (Fsp3) is 0.143. The van der Waals surface area contributed by atoms with Crippen LogP contribution >= 0.6 is 0 Å². The molecule has 0 aliphatic carbocycles. The topological polar surface area (TPSA) is 52.0 Å². The van der Waals surface area contributed by atoms with E-state index in [1.54, 1.807) is 0 Å². The normalized spacial score (nSPS) is 10.4. The molecule has 0 saturated carbocycles. The van der Waals surface area contributed by atoms with E-state index in [2.05, 4.69) is 13.0 Å². The molecule has 16 heavy (non-hydrogen) atoms. The fourth-order valence-corrected chi connectivity index (χ4v) is 1.85. The molecular formula is C14H16N2. The minimum Gasteiger partial charge on any atom is -0.399 e. The van der Waals surface area contributed by atoms with Gasteiger partial charge in [0.1, 0.15) is 0 Å². The van der Waals surface area contributed by atoms with Gasteiger partial charge in [0, 0.05) is 11.4 Å². The summed E-state index contributed by atoms with van der Waals surface area (Å²) in [5, 5.41) is 0. The number of hydrogen-bond acceptors (Lipinski definition) is 2. The van der Waals surface area contributed by atoms with Crippen LogP contribution in [-0.2, 0) is 0 Å². The maximum Gasteiger partial charge on any atom is 0.0352 e. The van der Waals surface area contributed by atoms with Crippen LogP contribution in [0.5, 0.6) is 0 Å². The predicted octanol–water partition coefficient (Wildman–Crippen LogP) is 3.13. The van der Waals surface area contributed by atoms with E-state index in [9.17, 15) is 0 Å². The summed E-state index contributed by atoms with van der Waals surface area (Å²) in [6, 6.07) is 12.0. The highest BCUT2D eigenvalue weighted by Gasteiger charge is 2.05. The van der Waals surface area contributed by atoms with E-state index >= 15 is 0 Å². The maximum atomic E-state index is 5.96. The lowest BCUT2D eigenvalue weighted by Gasteiger charge is -2.10. The van der Waals surface area contributed by atoms with Crippen molar-refractivity contribution >= 4 is 11.4 Å². The average molecular weight is 212 g/mol. The van der Waals surface area contributed by atoms with Gasteiger partial charge in [-0.15, -0.1) is 0 Å². The highest BCUT2D eigenvalue weighted by Crippen LogP contribution is 2.29. The largest absolute Gasteiger partial charge is 0.399 e. The van der Waals surface area contributed by atoms with Crippen LogP contribution in [0.15, 0.2) is 36.4 Å². The van der Waals surface area contributed by atoms with Gasteiger partial charge < -0.3 is 11.5 Å². The van der Waals surface area contributed by atoms with Crippen LogP contribution in [-0.4, -0.2) is 0 Å². The molecule has 0 fully saturated rings. The lowest BCUT2D eigenvalue weighted by atomic mass is 9.97. The van der Waals surface area contributed by atoms with Gasteiger partial charge in [0.2, 0.25) is 0 Å². The van der Waals surface area contributed by atoms with Crippen LogP contribution in [0.2, 0.25) is 0 Å². The summed E-state index contributed by atoms with van der Waals surface area (Å²) in [5.41, 5.74) is 17.9. The van der Waals surface area contributed by atoms with E-state index in [0.29, 0.717) is 0 Å². The highest BCUT2D eigenvalue weighted by atomic mass is 14.6. The molecule has 0 spiro atoms. The third kappa shape index (κ3) is 1.87. The number of nitrogens with two attached hydrogens (primary N) is 2. The quantitative estimate of drug-likeness (QED) is 0.713. The number of nitrogen functional groups attached to an aromatic ring is 2. The van der Waals surface area contributed by atoms with Crippen LogP contribution in [0.4, 0.5) is 11.4 Å². The molecule has 0 atom stereocenters. The second kappa shape index (κ2) is 3.89. The Morgan fingerprint density at radius 3 is 2.12 bits per heavy atom. The van der Waals surface area contributed by atoms with Crippen LogP contribution in [0.25, 0.3) is 11.1 Å². The molecule has 0 radical (unpaired) electrons. The summed E-state index contributed by atoms with van der Waals surface area (Å²) < 4.78 is 0. The maximum absolute atomic E-state index is 5.96. The molecule has 2 aromatic rings. The molecular weight excluding hydrogens is 196 g/mol. The minimum absolute atomic E-state index is 0.780. The average Bonchev–Trinajstić information content (AvgIpc) is 2.25. The summed E-state index contributed by atoms with van der Waals surface area (Å²) >= 11 is 0. The standard InChI is InChI=1S/C14H16N2/c1-9-7-13(10(2)14(16)8-9)11-3-5-12(15)6-4-11/h3-8H,15-16H2,1-2H3. The van der Waals surface area contributed by atoms with E-state index in [0.717, 1.165) is 22.5 Å². The molecule has 2 heteroatoms. The van der Waals surface area contributed by atoms with Crippen LogP contribution in [0.3, 0.4) is 0 Å². The predicted molar refractivity (Wildman–Crippen MR) is 70.2 cm³/mol. The van der Waals surface area contributed by atoms with Crippen molar-refractivity contribution < 1.29 is 0 Å². The molecule has 4 N–H and O–H groups in total. The summed E-state index contributed by atoms with van der Waals surface area (Å²) in [6.45, 7) is 4.09. The molecule has 0 saturated heterocycles. The Kier molecular flexibility index (Phi) is 2.57. The van der Waals surface area contributed by atoms with Gasteiger partial charge in [-0.05, 0) is 54.3 Å². The SMILES string of the molecule is Cc1cc(N)c(C)c(-c2ccc(N)cc2)c1. The van der Waals surface area contributed by atoms with Gasteiger partial charge in [0.25, 0.3) is 0 Å². The van der Waals surface area contributed by atoms with E-state index in [4.69, 9.17) is 11.5 Å². The zero-order valence-electron chi connectivity index (χ0n) is 9.62. The van der Waals surface area contributed by atoms with Crippen molar-refractivity contribution in [3.63, 3.8) is 0 Å². The van der Waals surface area contributed by atoms with Gasteiger partial charge in [0.05, 0.1) is 0 Å². The Morgan fingerprint density at radius 2 is 1.50 bits per heavy atom.